The second-order valence-corrected chi connectivity index (χ2v) is 8.76. The van der Waals surface area contributed by atoms with Crippen LogP contribution in [0.15, 0.2) is 67.1 Å². The highest BCUT2D eigenvalue weighted by Crippen LogP contribution is 2.31. The lowest BCUT2D eigenvalue weighted by molar-refractivity contribution is -0.115. The first-order valence-corrected chi connectivity index (χ1v) is 10.7. The molecule has 8 heteroatoms. The Labute approximate surface area is 168 Å². The number of nitrogens with zero attached hydrogens (tertiary/aromatic N) is 2. The van der Waals surface area contributed by atoms with E-state index < -0.39 is 0 Å². The molecule has 4 aromatic rings. The molecule has 0 saturated carbocycles. The maximum atomic E-state index is 12.3. The molecule has 136 valence electrons. The van der Waals surface area contributed by atoms with E-state index in [-0.39, 0.29) is 12.3 Å². The fourth-order valence-electron chi connectivity index (χ4n) is 2.36. The van der Waals surface area contributed by atoms with Crippen LogP contribution in [0, 0.1) is 6.92 Å². The summed E-state index contributed by atoms with van der Waals surface area (Å²) in [4.78, 5) is 22.3. The van der Waals surface area contributed by atoms with E-state index in [1.807, 2.05) is 54.1 Å². The number of carbonyl (C=O) groups is 1. The maximum absolute atomic E-state index is 12.3. The van der Waals surface area contributed by atoms with Crippen LogP contribution in [0.3, 0.4) is 0 Å². The highest BCUT2D eigenvalue weighted by atomic mass is 32.2. The van der Waals surface area contributed by atoms with Gasteiger partial charge in [0.25, 0.3) is 0 Å². The van der Waals surface area contributed by atoms with Crippen LogP contribution in [0.5, 0.6) is 0 Å². The molecule has 3 heterocycles. The van der Waals surface area contributed by atoms with E-state index in [0.29, 0.717) is 0 Å². The van der Waals surface area contributed by atoms with Gasteiger partial charge >= 0.3 is 0 Å². The van der Waals surface area contributed by atoms with Gasteiger partial charge in [-0.15, -0.1) is 22.7 Å². The maximum Gasteiger partial charge on any atom is 0.230 e. The molecular weight excluding hydrogens is 398 g/mol. The number of rotatable bonds is 6. The second-order valence-electron chi connectivity index (χ2n) is 5.73. The smallest absolute Gasteiger partial charge is 0.230 e. The molecule has 0 fully saturated rings. The molecule has 0 atom stereocenters. The van der Waals surface area contributed by atoms with Crippen molar-refractivity contribution in [3.05, 3.63) is 64.8 Å². The molecule has 4 rings (SSSR count). The van der Waals surface area contributed by atoms with Gasteiger partial charge in [-0.25, -0.2) is 9.97 Å². The van der Waals surface area contributed by atoms with E-state index >= 15 is 0 Å². The monoisotopic (exact) mass is 413 g/mol. The van der Waals surface area contributed by atoms with Gasteiger partial charge in [-0.05, 0) is 43.3 Å². The zero-order chi connectivity index (χ0) is 18.6. The van der Waals surface area contributed by atoms with Crippen LogP contribution in [-0.4, -0.2) is 15.9 Å². The molecule has 3 aromatic heterocycles. The Morgan fingerprint density at radius 3 is 2.70 bits per heavy atom. The van der Waals surface area contributed by atoms with Gasteiger partial charge in [0.15, 0.2) is 15.1 Å². The minimum atomic E-state index is -0.0951. The van der Waals surface area contributed by atoms with E-state index in [9.17, 15) is 4.79 Å². The summed E-state index contributed by atoms with van der Waals surface area (Å²) in [5.74, 6) is 0.623. The summed E-state index contributed by atoms with van der Waals surface area (Å²) in [6.45, 7) is 1.99. The van der Waals surface area contributed by atoms with Gasteiger partial charge in [-0.3, -0.25) is 4.79 Å². The number of furan rings is 1. The zero-order valence-electron chi connectivity index (χ0n) is 14.3. The van der Waals surface area contributed by atoms with Crippen molar-refractivity contribution >= 4 is 46.0 Å². The first-order valence-electron chi connectivity index (χ1n) is 8.14. The normalized spacial score (nSPS) is 10.9. The number of hydrogen-bond donors (Lipinski definition) is 1. The number of thiazole rings is 2. The Morgan fingerprint density at radius 2 is 2.00 bits per heavy atom. The Bertz CT molecular complexity index is 1040. The minimum absolute atomic E-state index is 0.0951. The van der Waals surface area contributed by atoms with Crippen LogP contribution in [-0.2, 0) is 11.2 Å². The molecule has 0 aliphatic heterocycles. The molecule has 1 N–H and O–H groups in total. The van der Waals surface area contributed by atoms with Crippen LogP contribution >= 0.6 is 34.4 Å². The standard InChI is InChI=1S/C19H15N3O2S3/c1-12-10-26-19(20-12)27-15-6-4-13(5-7-15)21-17(23)9-14-11-25-18(22-14)16-3-2-8-24-16/h2-8,10-11H,9H2,1H3,(H,21,23). The largest absolute Gasteiger partial charge is 0.462 e. The predicted molar refractivity (Wildman–Crippen MR) is 110 cm³/mol. The fraction of sp³-hybridized carbons (Fsp3) is 0.105. The van der Waals surface area contributed by atoms with Crippen LogP contribution in [0.25, 0.3) is 10.8 Å². The molecule has 0 spiro atoms. The Balaban J connectivity index is 1.34. The highest BCUT2D eigenvalue weighted by Gasteiger charge is 2.11. The average Bonchev–Trinajstić information content (AvgIpc) is 3.39. The number of carbonyl (C=O) groups excluding carboxylic acids is 1. The molecule has 0 unspecified atom stereocenters. The number of benzene rings is 1. The van der Waals surface area contributed by atoms with Crippen molar-refractivity contribution in [2.45, 2.75) is 22.6 Å². The van der Waals surface area contributed by atoms with Crippen molar-refractivity contribution in [1.82, 2.24) is 9.97 Å². The van der Waals surface area contributed by atoms with Gasteiger partial charge < -0.3 is 9.73 Å². The third-order valence-corrected chi connectivity index (χ3v) is 6.54. The first kappa shape index (κ1) is 18.0. The zero-order valence-corrected chi connectivity index (χ0v) is 16.8. The van der Waals surface area contributed by atoms with E-state index in [0.717, 1.165) is 37.1 Å². The van der Waals surface area contributed by atoms with Crippen molar-refractivity contribution in [3.63, 3.8) is 0 Å². The molecule has 0 bridgehead atoms. The van der Waals surface area contributed by atoms with Gasteiger partial charge in [0, 0.05) is 27.0 Å². The van der Waals surface area contributed by atoms with Crippen molar-refractivity contribution < 1.29 is 9.21 Å². The van der Waals surface area contributed by atoms with Gasteiger partial charge in [0.05, 0.1) is 18.4 Å². The number of aromatic nitrogens is 2. The van der Waals surface area contributed by atoms with Crippen molar-refractivity contribution in [2.75, 3.05) is 5.32 Å². The van der Waals surface area contributed by atoms with Crippen LogP contribution in [0.2, 0.25) is 0 Å². The number of nitrogens with one attached hydrogen (secondary N) is 1. The first-order chi connectivity index (χ1) is 13.2. The van der Waals surface area contributed by atoms with Gasteiger partial charge in [0.2, 0.25) is 5.91 Å². The quantitative estimate of drug-likeness (QED) is 0.452. The predicted octanol–water partition coefficient (Wildman–Crippen LogP) is 5.50. The Kier molecular flexibility index (Phi) is 5.38. The lowest BCUT2D eigenvalue weighted by Gasteiger charge is -2.05. The van der Waals surface area contributed by atoms with Crippen molar-refractivity contribution in [2.24, 2.45) is 0 Å². The molecule has 1 amide bonds. The second kappa shape index (κ2) is 8.08. The summed E-state index contributed by atoms with van der Waals surface area (Å²) < 4.78 is 6.34. The summed E-state index contributed by atoms with van der Waals surface area (Å²) in [6, 6.07) is 11.4. The molecule has 0 aliphatic rings. The summed E-state index contributed by atoms with van der Waals surface area (Å²) in [5.41, 5.74) is 2.53. The van der Waals surface area contributed by atoms with E-state index in [1.165, 1.54) is 11.3 Å². The van der Waals surface area contributed by atoms with E-state index in [4.69, 9.17) is 4.42 Å². The number of hydrogen-bond acceptors (Lipinski definition) is 7. The molecule has 0 aliphatic carbocycles. The molecular formula is C19H15N3O2S3. The Hall–Kier alpha value is -2.42. The van der Waals surface area contributed by atoms with Gasteiger partial charge in [-0.1, -0.05) is 11.8 Å². The third kappa shape index (κ3) is 4.65. The van der Waals surface area contributed by atoms with E-state index in [2.05, 4.69) is 15.3 Å². The Morgan fingerprint density at radius 1 is 1.15 bits per heavy atom. The number of aryl methyl sites for hydroxylation is 1. The lowest BCUT2D eigenvalue weighted by Crippen LogP contribution is -2.14. The SMILES string of the molecule is Cc1csc(Sc2ccc(NC(=O)Cc3csc(-c4ccco4)n3)cc2)n1. The summed E-state index contributed by atoms with van der Waals surface area (Å²) in [7, 11) is 0. The summed E-state index contributed by atoms with van der Waals surface area (Å²) >= 11 is 4.72. The molecule has 27 heavy (non-hydrogen) atoms. The van der Waals surface area contributed by atoms with Crippen LogP contribution in [0.4, 0.5) is 5.69 Å². The van der Waals surface area contributed by atoms with Gasteiger partial charge in [-0.2, -0.15) is 0 Å². The topological polar surface area (TPSA) is 68.0 Å². The highest BCUT2D eigenvalue weighted by molar-refractivity contribution is 8.01. The molecule has 0 radical (unpaired) electrons. The van der Waals surface area contributed by atoms with Crippen LogP contribution in [0.1, 0.15) is 11.4 Å². The molecule has 0 saturated heterocycles. The fourth-order valence-corrected chi connectivity index (χ4v) is 4.95. The van der Waals surface area contributed by atoms with Crippen molar-refractivity contribution in [3.8, 4) is 10.8 Å². The van der Waals surface area contributed by atoms with Gasteiger partial charge in [0.1, 0.15) is 0 Å². The van der Waals surface area contributed by atoms with Crippen molar-refractivity contribution in [1.29, 1.82) is 0 Å². The number of amides is 1. The average molecular weight is 414 g/mol. The number of anilines is 1. The minimum Gasteiger partial charge on any atom is -0.462 e. The lowest BCUT2D eigenvalue weighted by atomic mass is 10.3. The van der Waals surface area contributed by atoms with Crippen LogP contribution < -0.4 is 5.32 Å². The summed E-state index contributed by atoms with van der Waals surface area (Å²) in [5, 5.41) is 7.61. The third-order valence-electron chi connectivity index (χ3n) is 3.57. The summed E-state index contributed by atoms with van der Waals surface area (Å²) in [6.07, 6.45) is 1.84. The molecule has 5 nitrogen and oxygen atoms in total. The molecule has 1 aromatic carbocycles. The van der Waals surface area contributed by atoms with E-state index in [1.54, 1.807) is 29.4 Å².